The van der Waals surface area contributed by atoms with Crippen LogP contribution in [0.2, 0.25) is 0 Å². The lowest BCUT2D eigenvalue weighted by molar-refractivity contribution is -0.131. The van der Waals surface area contributed by atoms with Crippen LogP contribution in [0.3, 0.4) is 0 Å². The molecule has 1 saturated heterocycles. The number of aromatic amines is 1. The fourth-order valence-electron chi connectivity index (χ4n) is 3.86. The molecule has 1 N–H and O–H groups in total. The predicted molar refractivity (Wildman–Crippen MR) is 102 cm³/mol. The minimum atomic E-state index is -0.00962. The summed E-state index contributed by atoms with van der Waals surface area (Å²) >= 11 is 0. The van der Waals surface area contributed by atoms with Crippen LogP contribution in [0.4, 0.5) is 0 Å². The number of rotatable bonds is 4. The van der Waals surface area contributed by atoms with Crippen LogP contribution < -0.4 is 0 Å². The van der Waals surface area contributed by atoms with Gasteiger partial charge in [0.1, 0.15) is 0 Å². The van der Waals surface area contributed by atoms with Crippen molar-refractivity contribution in [3.05, 3.63) is 58.5 Å². The highest BCUT2D eigenvalue weighted by atomic mass is 16.5. The fraction of sp³-hybridized carbons (Fsp3) is 0.381. The summed E-state index contributed by atoms with van der Waals surface area (Å²) in [5, 5.41) is 11.4. The first kappa shape index (κ1) is 17.5. The number of nitrogens with one attached hydrogen (secondary N) is 1. The molecule has 1 atom stereocenters. The van der Waals surface area contributed by atoms with Crippen molar-refractivity contribution in [2.45, 2.75) is 46.1 Å². The molecule has 140 valence electrons. The molecule has 1 aliphatic rings. The summed E-state index contributed by atoms with van der Waals surface area (Å²) in [6, 6.07) is 8.13. The normalized spacial score (nSPS) is 16.9. The van der Waals surface area contributed by atoms with Crippen LogP contribution in [0.25, 0.3) is 11.3 Å². The fourth-order valence-corrected chi connectivity index (χ4v) is 3.86. The van der Waals surface area contributed by atoms with Crippen molar-refractivity contribution in [3.63, 3.8) is 0 Å². The molecule has 0 radical (unpaired) electrons. The topological polar surface area (TPSA) is 75.0 Å². The average Bonchev–Trinajstić information content (AvgIpc) is 3.35. The van der Waals surface area contributed by atoms with Crippen LogP contribution in [0.1, 0.15) is 47.0 Å². The van der Waals surface area contributed by atoms with Gasteiger partial charge in [0.15, 0.2) is 5.76 Å². The summed E-state index contributed by atoms with van der Waals surface area (Å²) in [6.07, 6.45) is 4.09. The van der Waals surface area contributed by atoms with Crippen molar-refractivity contribution in [3.8, 4) is 11.3 Å². The van der Waals surface area contributed by atoms with Crippen LogP contribution in [0.15, 0.2) is 35.0 Å². The van der Waals surface area contributed by atoms with E-state index in [-0.39, 0.29) is 11.9 Å². The molecular weight excluding hydrogens is 340 g/mol. The van der Waals surface area contributed by atoms with Crippen molar-refractivity contribution in [2.75, 3.05) is 6.54 Å². The molecular formula is C21H24N4O2. The van der Waals surface area contributed by atoms with Gasteiger partial charge in [-0.1, -0.05) is 35.0 Å². The van der Waals surface area contributed by atoms with Gasteiger partial charge < -0.3 is 9.42 Å². The summed E-state index contributed by atoms with van der Waals surface area (Å²) in [7, 11) is 0. The molecule has 2 aromatic heterocycles. The summed E-state index contributed by atoms with van der Waals surface area (Å²) in [5.41, 5.74) is 5.93. The number of H-pyrrole nitrogens is 1. The van der Waals surface area contributed by atoms with E-state index in [0.717, 1.165) is 53.2 Å². The van der Waals surface area contributed by atoms with Crippen molar-refractivity contribution in [1.29, 1.82) is 0 Å². The maximum atomic E-state index is 13.0. The van der Waals surface area contributed by atoms with E-state index in [9.17, 15) is 4.79 Å². The largest absolute Gasteiger partial charge is 0.356 e. The summed E-state index contributed by atoms with van der Waals surface area (Å²) in [6.45, 7) is 6.73. The summed E-state index contributed by atoms with van der Waals surface area (Å²) in [4.78, 5) is 15.0. The van der Waals surface area contributed by atoms with Gasteiger partial charge in [0.25, 0.3) is 0 Å². The second-order valence-corrected chi connectivity index (χ2v) is 7.33. The number of hydrogen-bond acceptors (Lipinski definition) is 4. The molecule has 6 nitrogen and oxygen atoms in total. The Morgan fingerprint density at radius 3 is 2.93 bits per heavy atom. The molecule has 4 rings (SSSR count). The molecule has 1 fully saturated rings. The second-order valence-electron chi connectivity index (χ2n) is 7.33. The third-order valence-electron chi connectivity index (χ3n) is 5.41. The van der Waals surface area contributed by atoms with Crippen LogP contribution in [-0.2, 0) is 11.2 Å². The average molecular weight is 364 g/mol. The van der Waals surface area contributed by atoms with Gasteiger partial charge in [-0.15, -0.1) is 0 Å². The number of aromatic nitrogens is 3. The third kappa shape index (κ3) is 3.27. The highest BCUT2D eigenvalue weighted by Crippen LogP contribution is 2.38. The first-order chi connectivity index (χ1) is 13.0. The number of amides is 1. The Balaban J connectivity index is 1.60. The van der Waals surface area contributed by atoms with Gasteiger partial charge in [-0.05, 0) is 39.2 Å². The van der Waals surface area contributed by atoms with Crippen molar-refractivity contribution >= 4 is 5.91 Å². The predicted octanol–water partition coefficient (Wildman–Crippen LogP) is 3.90. The Morgan fingerprint density at radius 2 is 2.19 bits per heavy atom. The van der Waals surface area contributed by atoms with Crippen LogP contribution >= 0.6 is 0 Å². The van der Waals surface area contributed by atoms with Crippen LogP contribution in [0, 0.1) is 20.8 Å². The molecule has 0 spiro atoms. The third-order valence-corrected chi connectivity index (χ3v) is 5.41. The van der Waals surface area contributed by atoms with Crippen molar-refractivity contribution in [1.82, 2.24) is 20.3 Å². The quantitative estimate of drug-likeness (QED) is 0.762. The Bertz CT molecular complexity index is 972. The van der Waals surface area contributed by atoms with E-state index in [1.54, 1.807) is 6.20 Å². The SMILES string of the molecule is Cc1cccc(CC(=O)N2CCCC2c2[nH]ncc2-c2onc(C)c2C)c1. The van der Waals surface area contributed by atoms with E-state index in [0.29, 0.717) is 6.42 Å². The molecule has 6 heteroatoms. The lowest BCUT2D eigenvalue weighted by Gasteiger charge is -2.24. The Hall–Kier alpha value is -2.89. The van der Waals surface area contributed by atoms with Crippen molar-refractivity contribution < 1.29 is 9.32 Å². The number of hydrogen-bond donors (Lipinski definition) is 1. The van der Waals surface area contributed by atoms with Gasteiger partial charge in [-0.3, -0.25) is 9.89 Å². The second kappa shape index (κ2) is 7.02. The Morgan fingerprint density at radius 1 is 1.33 bits per heavy atom. The van der Waals surface area contributed by atoms with Crippen molar-refractivity contribution in [2.24, 2.45) is 0 Å². The highest BCUT2D eigenvalue weighted by Gasteiger charge is 2.33. The zero-order chi connectivity index (χ0) is 19.0. The van der Waals surface area contributed by atoms with E-state index in [1.807, 2.05) is 43.9 Å². The molecule has 1 aliphatic heterocycles. The maximum absolute atomic E-state index is 13.0. The molecule has 1 amide bonds. The van der Waals surface area contributed by atoms with Crippen LogP contribution in [-0.4, -0.2) is 32.7 Å². The van der Waals surface area contributed by atoms with Gasteiger partial charge in [0, 0.05) is 12.1 Å². The lowest BCUT2D eigenvalue weighted by Crippen LogP contribution is -2.32. The standard InChI is InChI=1S/C21H24N4O2/c1-13-6-4-7-16(10-13)11-19(26)25-9-5-8-18(25)20-17(12-22-23-20)21-14(2)15(3)24-27-21/h4,6-7,10,12,18H,5,8-9,11H2,1-3H3,(H,22,23). The molecule has 0 saturated carbocycles. The van der Waals surface area contributed by atoms with E-state index in [2.05, 4.69) is 21.4 Å². The van der Waals surface area contributed by atoms with Crippen LogP contribution in [0.5, 0.6) is 0 Å². The Labute approximate surface area is 158 Å². The van der Waals surface area contributed by atoms with Gasteiger partial charge >= 0.3 is 0 Å². The van der Waals surface area contributed by atoms with Gasteiger partial charge in [-0.25, -0.2) is 0 Å². The number of carbonyl (C=O) groups is 1. The number of likely N-dealkylation sites (tertiary alicyclic amines) is 1. The summed E-state index contributed by atoms with van der Waals surface area (Å²) in [5.74, 6) is 0.878. The molecule has 3 heterocycles. The van der Waals surface area contributed by atoms with E-state index >= 15 is 0 Å². The summed E-state index contributed by atoms with van der Waals surface area (Å²) < 4.78 is 5.53. The highest BCUT2D eigenvalue weighted by molar-refractivity contribution is 5.80. The van der Waals surface area contributed by atoms with E-state index < -0.39 is 0 Å². The zero-order valence-electron chi connectivity index (χ0n) is 16.0. The zero-order valence-corrected chi connectivity index (χ0v) is 16.0. The Kier molecular flexibility index (Phi) is 4.56. The van der Waals surface area contributed by atoms with Gasteiger partial charge in [0.05, 0.1) is 35.6 Å². The minimum Gasteiger partial charge on any atom is -0.356 e. The number of benzene rings is 1. The van der Waals surface area contributed by atoms with Gasteiger partial charge in [0.2, 0.25) is 5.91 Å². The monoisotopic (exact) mass is 364 g/mol. The number of aryl methyl sites for hydroxylation is 2. The first-order valence-electron chi connectivity index (χ1n) is 9.36. The molecule has 1 unspecified atom stereocenters. The minimum absolute atomic E-state index is 0.00962. The number of nitrogens with zero attached hydrogens (tertiary/aromatic N) is 3. The molecule has 3 aromatic rings. The molecule has 0 bridgehead atoms. The first-order valence-corrected chi connectivity index (χ1v) is 9.36. The lowest BCUT2D eigenvalue weighted by atomic mass is 10.0. The molecule has 1 aromatic carbocycles. The molecule has 0 aliphatic carbocycles. The van der Waals surface area contributed by atoms with Gasteiger partial charge in [-0.2, -0.15) is 5.10 Å². The smallest absolute Gasteiger partial charge is 0.227 e. The maximum Gasteiger partial charge on any atom is 0.227 e. The molecule has 27 heavy (non-hydrogen) atoms. The van der Waals surface area contributed by atoms with E-state index in [1.165, 1.54) is 5.56 Å². The van der Waals surface area contributed by atoms with E-state index in [4.69, 9.17) is 4.52 Å². The number of carbonyl (C=O) groups excluding carboxylic acids is 1.